The Kier molecular flexibility index (Phi) is 7.69. The van der Waals surface area contributed by atoms with Gasteiger partial charge in [-0.15, -0.1) is 0 Å². The van der Waals surface area contributed by atoms with Crippen LogP contribution in [-0.2, 0) is 0 Å². The van der Waals surface area contributed by atoms with Gasteiger partial charge in [0.25, 0.3) is 0 Å². The van der Waals surface area contributed by atoms with Gasteiger partial charge in [0.05, 0.1) is 15.7 Å². The largest absolute Gasteiger partial charge is 0.368 e. The first kappa shape index (κ1) is 21.7. The Morgan fingerprint density at radius 2 is 1.60 bits per heavy atom. The van der Waals surface area contributed by atoms with Gasteiger partial charge in [0.2, 0.25) is 5.95 Å². The fourth-order valence-corrected chi connectivity index (χ4v) is 5.08. The number of nitrogens with zero attached hydrogens (tertiary/aromatic N) is 4. The van der Waals surface area contributed by atoms with Crippen molar-refractivity contribution < 1.29 is 0 Å². The molecular weight excluding hydrogens is 417 g/mol. The van der Waals surface area contributed by atoms with Crippen molar-refractivity contribution in [3.05, 3.63) is 46.7 Å². The van der Waals surface area contributed by atoms with Crippen LogP contribution in [0.5, 0.6) is 0 Å². The number of piperazine rings is 1. The third kappa shape index (κ3) is 5.77. The van der Waals surface area contributed by atoms with E-state index in [0.29, 0.717) is 10.0 Å². The second-order valence-electron chi connectivity index (χ2n) is 8.53. The van der Waals surface area contributed by atoms with Gasteiger partial charge in [0, 0.05) is 45.1 Å². The zero-order chi connectivity index (χ0) is 20.8. The van der Waals surface area contributed by atoms with Crippen molar-refractivity contribution in [2.75, 3.05) is 49.5 Å². The van der Waals surface area contributed by atoms with Crippen LogP contribution in [0.1, 0.15) is 32.1 Å². The summed E-state index contributed by atoms with van der Waals surface area (Å²) in [6, 6.07) is 7.75. The minimum Gasteiger partial charge on any atom is -0.368 e. The quantitative estimate of drug-likeness (QED) is 0.630. The van der Waals surface area contributed by atoms with Gasteiger partial charge in [-0.1, -0.05) is 42.1 Å². The molecular formula is C23H31Cl2N5. The van der Waals surface area contributed by atoms with Crippen molar-refractivity contribution in [2.45, 2.75) is 32.1 Å². The molecule has 0 amide bonds. The average molecular weight is 448 g/mol. The smallest absolute Gasteiger partial charge is 0.222 e. The number of nitrogens with one attached hydrogen (secondary N) is 1. The lowest BCUT2D eigenvalue weighted by atomic mass is 9.80. The Morgan fingerprint density at radius 3 is 2.33 bits per heavy atom. The summed E-state index contributed by atoms with van der Waals surface area (Å²) in [4.78, 5) is 13.5. The lowest BCUT2D eigenvalue weighted by Crippen LogP contribution is -2.47. The number of benzene rings is 1. The standard InChI is InChI=1S/C23H31Cl2N5/c24-20-3-1-4-21(22(20)25)30-15-13-29(14-16-30)12-9-18-5-7-19(8-6-18)17-28-23-26-10-2-11-27-23/h1-4,10-11,18-19H,5-9,12-17H2,(H,26,27,28). The fraction of sp³-hybridized carbons (Fsp3) is 0.565. The highest BCUT2D eigenvalue weighted by Crippen LogP contribution is 2.33. The van der Waals surface area contributed by atoms with Crippen LogP contribution >= 0.6 is 23.2 Å². The fourth-order valence-electron chi connectivity index (χ4n) is 4.66. The molecule has 1 N–H and O–H groups in total. The molecule has 7 heteroatoms. The van der Waals surface area contributed by atoms with Crippen molar-refractivity contribution >= 4 is 34.8 Å². The highest BCUT2D eigenvalue weighted by molar-refractivity contribution is 6.43. The SMILES string of the molecule is Clc1cccc(N2CCN(CCC3CCC(CNc4ncccn4)CC3)CC2)c1Cl. The number of rotatable bonds is 7. The molecule has 0 unspecified atom stereocenters. The van der Waals surface area contributed by atoms with Gasteiger partial charge in [-0.3, -0.25) is 4.90 Å². The minimum atomic E-state index is 0.638. The highest BCUT2D eigenvalue weighted by atomic mass is 35.5. The van der Waals surface area contributed by atoms with E-state index in [1.165, 1.54) is 38.6 Å². The Labute approximate surface area is 189 Å². The maximum absolute atomic E-state index is 6.40. The Hall–Kier alpha value is -1.56. The molecule has 2 aromatic rings. The van der Waals surface area contributed by atoms with E-state index in [1.54, 1.807) is 12.4 Å². The second kappa shape index (κ2) is 10.7. The van der Waals surface area contributed by atoms with Crippen LogP contribution in [0.3, 0.4) is 0 Å². The van der Waals surface area contributed by atoms with Crippen molar-refractivity contribution in [1.82, 2.24) is 14.9 Å². The van der Waals surface area contributed by atoms with Crippen molar-refractivity contribution in [3.63, 3.8) is 0 Å². The van der Waals surface area contributed by atoms with E-state index in [2.05, 4.69) is 31.2 Å². The van der Waals surface area contributed by atoms with Crippen LogP contribution in [0, 0.1) is 11.8 Å². The highest BCUT2D eigenvalue weighted by Gasteiger charge is 2.24. The summed E-state index contributed by atoms with van der Waals surface area (Å²) >= 11 is 12.6. The minimum absolute atomic E-state index is 0.638. The van der Waals surface area contributed by atoms with Gasteiger partial charge in [-0.05, 0) is 55.8 Å². The number of hydrogen-bond acceptors (Lipinski definition) is 5. The summed E-state index contributed by atoms with van der Waals surface area (Å²) in [5.74, 6) is 2.36. The first-order chi connectivity index (χ1) is 14.7. The number of anilines is 2. The van der Waals surface area contributed by atoms with E-state index in [0.717, 1.165) is 56.2 Å². The van der Waals surface area contributed by atoms with E-state index < -0.39 is 0 Å². The summed E-state index contributed by atoms with van der Waals surface area (Å²) in [6.45, 7) is 6.42. The molecule has 2 fully saturated rings. The lowest BCUT2D eigenvalue weighted by molar-refractivity contribution is 0.207. The van der Waals surface area contributed by atoms with Crippen molar-refractivity contribution in [3.8, 4) is 0 Å². The number of aromatic nitrogens is 2. The zero-order valence-corrected chi connectivity index (χ0v) is 19.0. The molecule has 1 aromatic carbocycles. The zero-order valence-electron chi connectivity index (χ0n) is 17.4. The van der Waals surface area contributed by atoms with Crippen LogP contribution in [0.15, 0.2) is 36.7 Å². The van der Waals surface area contributed by atoms with Crippen molar-refractivity contribution in [1.29, 1.82) is 0 Å². The van der Waals surface area contributed by atoms with Crippen LogP contribution in [0.4, 0.5) is 11.6 Å². The van der Waals surface area contributed by atoms with E-state index in [1.807, 2.05) is 18.2 Å². The molecule has 0 bridgehead atoms. The normalized spacial score (nSPS) is 22.8. The van der Waals surface area contributed by atoms with Crippen LogP contribution in [0.25, 0.3) is 0 Å². The molecule has 30 heavy (non-hydrogen) atoms. The first-order valence-corrected chi connectivity index (χ1v) is 11.9. The van der Waals surface area contributed by atoms with Crippen LogP contribution in [-0.4, -0.2) is 54.1 Å². The van der Waals surface area contributed by atoms with Crippen LogP contribution < -0.4 is 10.2 Å². The second-order valence-corrected chi connectivity index (χ2v) is 9.32. The third-order valence-corrected chi connectivity index (χ3v) is 7.39. The maximum Gasteiger partial charge on any atom is 0.222 e. The monoisotopic (exact) mass is 447 g/mol. The van der Waals surface area contributed by atoms with E-state index in [-0.39, 0.29) is 0 Å². The topological polar surface area (TPSA) is 44.3 Å². The molecule has 162 valence electrons. The van der Waals surface area contributed by atoms with Crippen LogP contribution in [0.2, 0.25) is 10.0 Å². The van der Waals surface area contributed by atoms with E-state index in [9.17, 15) is 0 Å². The molecule has 2 heterocycles. The molecule has 1 aliphatic carbocycles. The molecule has 5 nitrogen and oxygen atoms in total. The Morgan fingerprint density at radius 1 is 0.900 bits per heavy atom. The van der Waals surface area contributed by atoms with Gasteiger partial charge in [-0.25, -0.2) is 9.97 Å². The molecule has 4 rings (SSSR count). The van der Waals surface area contributed by atoms with Gasteiger partial charge < -0.3 is 10.2 Å². The number of hydrogen-bond donors (Lipinski definition) is 1. The molecule has 0 spiro atoms. The molecule has 0 radical (unpaired) electrons. The molecule has 0 atom stereocenters. The lowest BCUT2D eigenvalue weighted by Gasteiger charge is -2.37. The predicted octanol–water partition coefficient (Wildman–Crippen LogP) is 5.21. The van der Waals surface area contributed by atoms with Crippen molar-refractivity contribution in [2.24, 2.45) is 11.8 Å². The van der Waals surface area contributed by atoms with Gasteiger partial charge in [-0.2, -0.15) is 0 Å². The molecule has 1 saturated heterocycles. The predicted molar refractivity (Wildman–Crippen MR) is 126 cm³/mol. The Balaban J connectivity index is 1.13. The van der Waals surface area contributed by atoms with E-state index in [4.69, 9.17) is 23.2 Å². The Bertz CT molecular complexity index is 787. The molecule has 1 aliphatic heterocycles. The summed E-state index contributed by atoms with van der Waals surface area (Å²) in [7, 11) is 0. The van der Waals surface area contributed by atoms with E-state index >= 15 is 0 Å². The average Bonchev–Trinajstić information content (AvgIpc) is 2.80. The summed E-state index contributed by atoms with van der Waals surface area (Å²) in [5, 5.41) is 4.70. The third-order valence-electron chi connectivity index (χ3n) is 6.58. The number of halogens is 2. The summed E-state index contributed by atoms with van der Waals surface area (Å²) in [5.41, 5.74) is 1.07. The summed E-state index contributed by atoms with van der Waals surface area (Å²) < 4.78 is 0. The first-order valence-electron chi connectivity index (χ1n) is 11.1. The molecule has 1 saturated carbocycles. The van der Waals surface area contributed by atoms with Gasteiger partial charge in [0.15, 0.2) is 0 Å². The molecule has 1 aromatic heterocycles. The van der Waals surface area contributed by atoms with Gasteiger partial charge >= 0.3 is 0 Å². The van der Waals surface area contributed by atoms with Gasteiger partial charge in [0.1, 0.15) is 0 Å². The maximum atomic E-state index is 6.40. The summed E-state index contributed by atoms with van der Waals surface area (Å²) in [6.07, 6.45) is 10.2. The molecule has 2 aliphatic rings.